The molecular formula is C27H25ClN4OS. The first-order valence-electron chi connectivity index (χ1n) is 11.1. The molecule has 0 saturated carbocycles. The van der Waals surface area contributed by atoms with E-state index in [2.05, 4.69) is 63.9 Å². The van der Waals surface area contributed by atoms with Crippen molar-refractivity contribution in [3.05, 3.63) is 107 Å². The molecule has 5 rings (SSSR count). The molecule has 2 atom stereocenters. The van der Waals surface area contributed by atoms with Gasteiger partial charge < -0.3 is 19.5 Å². The van der Waals surface area contributed by atoms with Crippen LogP contribution in [0.2, 0.25) is 5.02 Å². The number of aryl methyl sites for hydroxylation is 1. The van der Waals surface area contributed by atoms with Crippen LogP contribution in [-0.2, 0) is 0 Å². The van der Waals surface area contributed by atoms with Crippen LogP contribution in [0.15, 0.2) is 79.0 Å². The van der Waals surface area contributed by atoms with Crippen LogP contribution >= 0.6 is 23.8 Å². The lowest BCUT2D eigenvalue weighted by Crippen LogP contribution is -2.29. The summed E-state index contributed by atoms with van der Waals surface area (Å²) in [5.74, 6) is 0.628. The van der Waals surface area contributed by atoms with Crippen LogP contribution < -0.4 is 15.0 Å². The number of hydrogen-bond donors (Lipinski definition) is 1. The molecule has 1 fully saturated rings. The Labute approximate surface area is 210 Å². The lowest BCUT2D eigenvalue weighted by molar-refractivity contribution is 0.415. The van der Waals surface area contributed by atoms with Crippen molar-refractivity contribution in [3.8, 4) is 11.4 Å². The molecular weight excluding hydrogens is 464 g/mol. The van der Waals surface area contributed by atoms with Gasteiger partial charge >= 0.3 is 0 Å². The molecule has 0 amide bonds. The summed E-state index contributed by atoms with van der Waals surface area (Å²) in [5, 5.41) is 4.69. The quantitative estimate of drug-likeness (QED) is 0.332. The monoisotopic (exact) mass is 488 g/mol. The highest BCUT2D eigenvalue weighted by atomic mass is 35.5. The van der Waals surface area contributed by atoms with E-state index in [-0.39, 0.29) is 12.1 Å². The van der Waals surface area contributed by atoms with Crippen LogP contribution in [0.25, 0.3) is 5.69 Å². The van der Waals surface area contributed by atoms with Gasteiger partial charge in [0, 0.05) is 29.0 Å². The van der Waals surface area contributed by atoms with Gasteiger partial charge in [0.15, 0.2) is 5.11 Å². The number of hydrogen-bond acceptors (Lipinski definition) is 3. The van der Waals surface area contributed by atoms with Crippen LogP contribution in [-0.4, -0.2) is 21.8 Å². The van der Waals surface area contributed by atoms with Gasteiger partial charge in [-0.05, 0) is 80.2 Å². The average molecular weight is 489 g/mol. The molecule has 3 heterocycles. The Balaban J connectivity index is 1.68. The lowest BCUT2D eigenvalue weighted by atomic mass is 9.96. The summed E-state index contributed by atoms with van der Waals surface area (Å²) in [6.45, 7) is 4.29. The molecule has 2 aromatic carbocycles. The SMILES string of the molecule is COc1ccc(N2C(=S)N[C@@H](c3ccccn3)[C@@H]2c2cc(C)n(-c3ccccc3)c2C)cc1Cl. The summed E-state index contributed by atoms with van der Waals surface area (Å²) in [6.07, 6.45) is 1.82. The summed E-state index contributed by atoms with van der Waals surface area (Å²) in [7, 11) is 1.61. The zero-order valence-electron chi connectivity index (χ0n) is 19.2. The minimum Gasteiger partial charge on any atom is -0.495 e. The Morgan fingerprint density at radius 1 is 0.971 bits per heavy atom. The van der Waals surface area contributed by atoms with Crippen molar-refractivity contribution in [2.75, 3.05) is 12.0 Å². The number of aromatic nitrogens is 2. The maximum atomic E-state index is 6.51. The molecule has 1 saturated heterocycles. The van der Waals surface area contributed by atoms with Crippen LogP contribution in [0, 0.1) is 13.8 Å². The van der Waals surface area contributed by atoms with Crippen molar-refractivity contribution in [2.24, 2.45) is 0 Å². The molecule has 34 heavy (non-hydrogen) atoms. The first-order chi connectivity index (χ1) is 16.5. The lowest BCUT2D eigenvalue weighted by Gasteiger charge is -2.28. The molecule has 1 aliphatic rings. The van der Waals surface area contributed by atoms with Crippen LogP contribution in [0.5, 0.6) is 5.75 Å². The predicted molar refractivity (Wildman–Crippen MR) is 141 cm³/mol. The minimum absolute atomic E-state index is 0.115. The van der Waals surface area contributed by atoms with Gasteiger partial charge in [-0.2, -0.15) is 0 Å². The molecule has 0 aliphatic carbocycles. The Morgan fingerprint density at radius 3 is 2.41 bits per heavy atom. The summed E-state index contributed by atoms with van der Waals surface area (Å²) in [4.78, 5) is 6.80. The van der Waals surface area contributed by atoms with Crippen LogP contribution in [0.3, 0.4) is 0 Å². The topological polar surface area (TPSA) is 42.3 Å². The van der Waals surface area contributed by atoms with E-state index < -0.39 is 0 Å². The molecule has 1 N–H and O–H groups in total. The molecule has 0 unspecified atom stereocenters. The molecule has 1 aliphatic heterocycles. The predicted octanol–water partition coefficient (Wildman–Crippen LogP) is 6.33. The third-order valence-corrected chi connectivity index (χ3v) is 6.92. The molecule has 2 aromatic heterocycles. The summed E-state index contributed by atoms with van der Waals surface area (Å²) < 4.78 is 7.65. The van der Waals surface area contributed by atoms with Gasteiger partial charge in [0.25, 0.3) is 0 Å². The fraction of sp³-hybridized carbons (Fsp3) is 0.185. The molecule has 0 bridgehead atoms. The van der Waals surface area contributed by atoms with E-state index >= 15 is 0 Å². The third kappa shape index (κ3) is 3.83. The standard InChI is InChI=1S/C27H25ClN4OS/c1-17-15-21(18(2)31(17)19-9-5-4-6-10-19)26-25(23-11-7-8-14-29-23)30-27(34)32(26)20-12-13-24(33-3)22(28)16-20/h4-16,25-26H,1-3H3,(H,30,34)/t25-,26-/m0/s1. The molecule has 4 aromatic rings. The number of nitrogens with one attached hydrogen (secondary N) is 1. The number of ether oxygens (including phenoxy) is 1. The molecule has 0 radical (unpaired) electrons. The van der Waals surface area contributed by atoms with Gasteiger partial charge in [-0.3, -0.25) is 4.98 Å². The van der Waals surface area contributed by atoms with Crippen molar-refractivity contribution in [3.63, 3.8) is 0 Å². The van der Waals surface area contributed by atoms with E-state index in [1.165, 1.54) is 5.56 Å². The van der Waals surface area contributed by atoms with Crippen molar-refractivity contribution >= 4 is 34.6 Å². The molecule has 172 valence electrons. The number of benzene rings is 2. The first kappa shape index (κ1) is 22.4. The zero-order valence-corrected chi connectivity index (χ0v) is 20.8. The number of para-hydroxylation sites is 1. The Bertz CT molecular complexity index is 1340. The molecule has 0 spiro atoms. The van der Waals surface area contributed by atoms with E-state index in [1.54, 1.807) is 7.11 Å². The van der Waals surface area contributed by atoms with Crippen LogP contribution in [0.4, 0.5) is 5.69 Å². The smallest absolute Gasteiger partial charge is 0.174 e. The molecule has 5 nitrogen and oxygen atoms in total. The summed E-state index contributed by atoms with van der Waals surface area (Å²) in [6, 6.07) is 24.1. The number of rotatable bonds is 5. The molecule has 7 heteroatoms. The van der Waals surface area contributed by atoms with Gasteiger partial charge in [0.05, 0.1) is 29.9 Å². The average Bonchev–Trinajstić information content (AvgIpc) is 3.35. The Morgan fingerprint density at radius 2 is 1.74 bits per heavy atom. The van der Waals surface area contributed by atoms with E-state index in [9.17, 15) is 0 Å². The van der Waals surface area contributed by atoms with Crippen molar-refractivity contribution in [2.45, 2.75) is 25.9 Å². The van der Waals surface area contributed by atoms with Gasteiger partial charge in [-0.15, -0.1) is 0 Å². The normalized spacial score (nSPS) is 17.6. The number of nitrogens with zero attached hydrogens (tertiary/aromatic N) is 3. The number of anilines is 1. The summed E-state index contributed by atoms with van der Waals surface area (Å²) in [5.41, 5.74) is 6.45. The number of pyridine rings is 1. The van der Waals surface area contributed by atoms with Crippen molar-refractivity contribution in [1.29, 1.82) is 0 Å². The fourth-order valence-electron chi connectivity index (χ4n) is 4.82. The zero-order chi connectivity index (χ0) is 23.8. The van der Waals surface area contributed by atoms with E-state index in [1.807, 2.05) is 48.7 Å². The van der Waals surface area contributed by atoms with Crippen molar-refractivity contribution < 1.29 is 4.74 Å². The summed E-state index contributed by atoms with van der Waals surface area (Å²) >= 11 is 12.4. The largest absolute Gasteiger partial charge is 0.495 e. The maximum absolute atomic E-state index is 6.51. The Kier molecular flexibility index (Phi) is 6.02. The van der Waals surface area contributed by atoms with Crippen LogP contribution in [0.1, 0.15) is 34.7 Å². The number of thiocarbonyl (C=S) groups is 1. The highest BCUT2D eigenvalue weighted by Crippen LogP contribution is 2.44. The fourth-order valence-corrected chi connectivity index (χ4v) is 5.41. The second-order valence-electron chi connectivity index (χ2n) is 8.31. The first-order valence-corrected chi connectivity index (χ1v) is 11.9. The highest BCUT2D eigenvalue weighted by Gasteiger charge is 2.42. The second kappa shape index (κ2) is 9.12. The van der Waals surface area contributed by atoms with Gasteiger partial charge in [-0.1, -0.05) is 35.9 Å². The minimum atomic E-state index is -0.126. The van der Waals surface area contributed by atoms with Gasteiger partial charge in [-0.25, -0.2) is 0 Å². The Hall–Kier alpha value is -3.35. The van der Waals surface area contributed by atoms with E-state index in [0.29, 0.717) is 15.9 Å². The second-order valence-corrected chi connectivity index (χ2v) is 9.11. The third-order valence-electron chi connectivity index (χ3n) is 6.31. The van der Waals surface area contributed by atoms with Gasteiger partial charge in [0.1, 0.15) is 5.75 Å². The van der Waals surface area contributed by atoms with E-state index in [0.717, 1.165) is 28.5 Å². The van der Waals surface area contributed by atoms with Crippen molar-refractivity contribution in [1.82, 2.24) is 14.9 Å². The van der Waals surface area contributed by atoms with E-state index in [4.69, 9.17) is 28.6 Å². The highest BCUT2D eigenvalue weighted by molar-refractivity contribution is 7.80. The number of halogens is 1. The number of methoxy groups -OCH3 is 1. The van der Waals surface area contributed by atoms with Gasteiger partial charge in [0.2, 0.25) is 0 Å². The maximum Gasteiger partial charge on any atom is 0.174 e.